The fourth-order valence-corrected chi connectivity index (χ4v) is 5.76. The molecule has 2 aliphatic rings. The number of likely N-dealkylation sites (tertiary alicyclic amines) is 1. The second-order valence-electron chi connectivity index (χ2n) is 12.4. The first-order valence-corrected chi connectivity index (χ1v) is 14.3. The van der Waals surface area contributed by atoms with Gasteiger partial charge in [0.25, 0.3) is 0 Å². The summed E-state index contributed by atoms with van der Waals surface area (Å²) in [4.78, 5) is 28.4. The fourth-order valence-electron chi connectivity index (χ4n) is 5.76. The Morgan fingerprint density at radius 3 is 2.45 bits per heavy atom. The number of aryl methyl sites for hydroxylation is 1. The summed E-state index contributed by atoms with van der Waals surface area (Å²) in [5.41, 5.74) is 2.68. The van der Waals surface area contributed by atoms with Crippen LogP contribution >= 0.6 is 0 Å². The molecule has 1 spiro atoms. The molecule has 2 heterocycles. The minimum Gasteiger partial charge on any atom is -0.444 e. The molecule has 0 N–H and O–H groups in total. The van der Waals surface area contributed by atoms with Gasteiger partial charge in [-0.1, -0.05) is 30.3 Å². The minimum atomic E-state index is -0.580. The van der Waals surface area contributed by atoms with E-state index < -0.39 is 17.5 Å². The number of carbonyl (C=O) groups excluding carboxylic acids is 2. The van der Waals surface area contributed by atoms with E-state index in [4.69, 9.17) is 19.3 Å². The van der Waals surface area contributed by atoms with Crippen molar-refractivity contribution in [1.82, 2.24) is 14.7 Å². The summed E-state index contributed by atoms with van der Waals surface area (Å²) in [7, 11) is 1.54. The van der Waals surface area contributed by atoms with Gasteiger partial charge in [-0.15, -0.1) is 0 Å². The summed E-state index contributed by atoms with van der Waals surface area (Å²) < 4.78 is 33.6. The van der Waals surface area contributed by atoms with Crippen LogP contribution in [0, 0.1) is 18.2 Å². The van der Waals surface area contributed by atoms with Crippen LogP contribution in [-0.4, -0.2) is 65.8 Å². The zero-order valence-corrected chi connectivity index (χ0v) is 24.9. The zero-order valence-electron chi connectivity index (χ0n) is 24.9. The summed E-state index contributed by atoms with van der Waals surface area (Å²) in [6.07, 6.45) is 0.978. The van der Waals surface area contributed by atoms with E-state index in [9.17, 15) is 9.59 Å². The van der Waals surface area contributed by atoms with Crippen LogP contribution in [-0.2, 0) is 20.8 Å². The highest BCUT2D eigenvalue weighted by Crippen LogP contribution is 2.54. The molecule has 9 nitrogen and oxygen atoms in total. The molecule has 0 unspecified atom stereocenters. The molecule has 0 bridgehead atoms. The second kappa shape index (κ2) is 11.8. The van der Waals surface area contributed by atoms with Crippen molar-refractivity contribution >= 4 is 17.9 Å². The Hall–Kier alpha value is -3.92. The van der Waals surface area contributed by atoms with Gasteiger partial charge in [0.2, 0.25) is 0 Å². The molecule has 2 fully saturated rings. The summed E-state index contributed by atoms with van der Waals surface area (Å²) in [6.45, 7) is 9.55. The van der Waals surface area contributed by atoms with Crippen LogP contribution in [0.1, 0.15) is 50.9 Å². The summed E-state index contributed by atoms with van der Waals surface area (Å²) in [6, 6.07) is 16.1. The van der Waals surface area contributed by atoms with Crippen molar-refractivity contribution in [2.75, 3.05) is 38.3 Å². The molecule has 2 aromatic carbocycles. The summed E-state index contributed by atoms with van der Waals surface area (Å²) in [5.74, 6) is -0.479. The van der Waals surface area contributed by atoms with E-state index in [0.29, 0.717) is 30.0 Å². The van der Waals surface area contributed by atoms with Crippen LogP contribution in [0.15, 0.2) is 54.6 Å². The van der Waals surface area contributed by atoms with Crippen LogP contribution in [0.3, 0.4) is 0 Å². The molecule has 1 aromatic heterocycles. The Balaban J connectivity index is 1.23. The Morgan fingerprint density at radius 1 is 1.10 bits per heavy atom. The van der Waals surface area contributed by atoms with Crippen LogP contribution < -0.4 is 4.90 Å². The number of anilines is 1. The van der Waals surface area contributed by atoms with Gasteiger partial charge in [0.05, 0.1) is 30.6 Å². The molecule has 5 rings (SSSR count). The number of hydrogen-bond donors (Lipinski definition) is 0. The zero-order chi connectivity index (χ0) is 30.1. The quantitative estimate of drug-likeness (QED) is 0.309. The van der Waals surface area contributed by atoms with Crippen molar-refractivity contribution < 1.29 is 28.2 Å². The van der Waals surface area contributed by atoms with Crippen LogP contribution in [0.5, 0.6) is 0 Å². The predicted molar refractivity (Wildman–Crippen MR) is 157 cm³/mol. The number of methoxy groups -OCH3 is 1. The van der Waals surface area contributed by atoms with Crippen molar-refractivity contribution in [3.8, 4) is 11.3 Å². The monoisotopic (exact) mass is 578 g/mol. The van der Waals surface area contributed by atoms with Gasteiger partial charge >= 0.3 is 12.2 Å². The standard InChI is InChI=1S/C32H39FN4O5/c1-22-15-28(34-37(22)25-17-32(18-25)20-35(21-32)29(38)42-31(2,3)4)26-12-11-24(16-27(26)33)36(13-14-40-5)30(39)41-19-23-9-7-6-8-10-23/h6-12,15-16,25H,13-14,17-21H2,1-5H3. The topological polar surface area (TPSA) is 86.1 Å². The lowest BCUT2D eigenvalue weighted by Gasteiger charge is -2.58. The normalized spacial score (nSPS) is 16.1. The SMILES string of the molecule is COCCN(C(=O)OCc1ccccc1)c1ccc(-c2cc(C)n(C3CC4(C3)CN(C(=O)OC(C)(C)C)C4)n2)c(F)c1. The number of carbonyl (C=O) groups is 2. The molecule has 3 aromatic rings. The largest absolute Gasteiger partial charge is 0.444 e. The smallest absolute Gasteiger partial charge is 0.414 e. The Morgan fingerprint density at radius 2 is 1.81 bits per heavy atom. The van der Waals surface area contributed by atoms with Crippen molar-refractivity contribution in [3.63, 3.8) is 0 Å². The highest BCUT2D eigenvalue weighted by atomic mass is 19.1. The maximum Gasteiger partial charge on any atom is 0.414 e. The minimum absolute atomic E-state index is 0.105. The summed E-state index contributed by atoms with van der Waals surface area (Å²) in [5, 5.41) is 4.76. The van der Waals surface area contributed by atoms with Gasteiger partial charge in [0.1, 0.15) is 18.0 Å². The molecule has 2 amide bonds. The molecule has 10 heteroatoms. The van der Waals surface area contributed by atoms with Gasteiger partial charge in [-0.3, -0.25) is 9.58 Å². The number of halogens is 1. The highest BCUT2D eigenvalue weighted by molar-refractivity contribution is 5.88. The number of rotatable bonds is 8. The van der Waals surface area contributed by atoms with Crippen molar-refractivity contribution in [3.05, 3.63) is 71.7 Å². The first-order valence-electron chi connectivity index (χ1n) is 14.3. The van der Waals surface area contributed by atoms with E-state index in [1.165, 1.54) is 11.0 Å². The number of nitrogens with zero attached hydrogens (tertiary/aromatic N) is 4. The Bertz CT molecular complexity index is 1420. The lowest BCUT2D eigenvalue weighted by molar-refractivity contribution is -0.0930. The van der Waals surface area contributed by atoms with Crippen LogP contribution in [0.4, 0.5) is 19.7 Å². The number of hydrogen-bond acceptors (Lipinski definition) is 6. The van der Waals surface area contributed by atoms with Gasteiger partial charge in [-0.2, -0.15) is 5.10 Å². The average molecular weight is 579 g/mol. The molecule has 1 saturated carbocycles. The lowest BCUT2D eigenvalue weighted by Crippen LogP contribution is -2.64. The molecule has 1 aliphatic heterocycles. The van der Waals surface area contributed by atoms with Gasteiger partial charge in [0, 0.05) is 36.9 Å². The first kappa shape index (κ1) is 29.6. The molecule has 0 radical (unpaired) electrons. The van der Waals surface area contributed by atoms with Crippen LogP contribution in [0.2, 0.25) is 0 Å². The lowest BCUT2D eigenvalue weighted by atomic mass is 9.61. The fraction of sp³-hybridized carbons (Fsp3) is 0.469. The molecule has 224 valence electrons. The Labute approximate surface area is 246 Å². The molecular formula is C32H39FN4O5. The average Bonchev–Trinajstić information content (AvgIpc) is 3.26. The number of aromatic nitrogens is 2. The first-order chi connectivity index (χ1) is 20.0. The molecule has 1 saturated heterocycles. The Kier molecular flexibility index (Phi) is 8.28. The third-order valence-corrected chi connectivity index (χ3v) is 7.79. The number of amides is 2. The van der Waals surface area contributed by atoms with Gasteiger partial charge in [-0.05, 0) is 70.4 Å². The maximum atomic E-state index is 15.5. The van der Waals surface area contributed by atoms with Gasteiger partial charge in [-0.25, -0.2) is 14.0 Å². The van der Waals surface area contributed by atoms with E-state index in [0.717, 1.165) is 24.1 Å². The van der Waals surface area contributed by atoms with Crippen molar-refractivity contribution in [2.45, 2.75) is 58.8 Å². The van der Waals surface area contributed by atoms with E-state index >= 15 is 4.39 Å². The third-order valence-electron chi connectivity index (χ3n) is 7.79. The molecular weight excluding hydrogens is 539 g/mol. The van der Waals surface area contributed by atoms with Gasteiger partial charge < -0.3 is 19.1 Å². The summed E-state index contributed by atoms with van der Waals surface area (Å²) >= 11 is 0. The van der Waals surface area contributed by atoms with E-state index in [1.807, 2.05) is 68.8 Å². The van der Waals surface area contributed by atoms with Crippen molar-refractivity contribution in [2.24, 2.45) is 5.41 Å². The van der Waals surface area contributed by atoms with E-state index in [2.05, 4.69) is 0 Å². The van der Waals surface area contributed by atoms with E-state index in [1.54, 1.807) is 24.1 Å². The number of benzene rings is 2. The molecule has 0 atom stereocenters. The van der Waals surface area contributed by atoms with E-state index in [-0.39, 0.29) is 37.3 Å². The van der Waals surface area contributed by atoms with Gasteiger partial charge in [0.15, 0.2) is 0 Å². The van der Waals surface area contributed by atoms with Crippen LogP contribution in [0.25, 0.3) is 11.3 Å². The molecule has 1 aliphatic carbocycles. The highest BCUT2D eigenvalue weighted by Gasteiger charge is 2.55. The molecule has 42 heavy (non-hydrogen) atoms. The second-order valence-corrected chi connectivity index (χ2v) is 12.4. The van der Waals surface area contributed by atoms with Crippen molar-refractivity contribution in [1.29, 1.82) is 0 Å². The number of ether oxygens (including phenoxy) is 3. The maximum absolute atomic E-state index is 15.5. The predicted octanol–water partition coefficient (Wildman–Crippen LogP) is 6.36. The third kappa shape index (κ3) is 6.43.